The van der Waals surface area contributed by atoms with Crippen molar-refractivity contribution in [1.82, 2.24) is 35.1 Å². The fourth-order valence-corrected chi connectivity index (χ4v) is 7.03. The standard InChI is InChI=1S/C31H40F3N7O4/c1-29(2,3)45-28(42)35-30-14-6-9-23(30)26(44-18-30)24-16-41(39-36-24)21-12-10-19(11-13-21)27-38-37-25(40(27)4)17-43-22-8-5-7-20(15-22)31(32,33)34/h5,7-8,15-16,19,21,23,26H,6,9-14,17-18H2,1-4H3,(H,35,42). The van der Waals surface area contributed by atoms with Crippen molar-refractivity contribution in [2.45, 2.75) is 108 Å². The summed E-state index contributed by atoms with van der Waals surface area (Å²) in [5, 5.41) is 20.8. The predicted octanol–water partition coefficient (Wildman–Crippen LogP) is 6.04. The number of fused-ring (bicyclic) bond motifs is 1. The van der Waals surface area contributed by atoms with Crippen LogP contribution in [0.1, 0.15) is 107 Å². The van der Waals surface area contributed by atoms with Gasteiger partial charge >= 0.3 is 12.3 Å². The maximum atomic E-state index is 13.0. The molecule has 0 radical (unpaired) electrons. The molecule has 1 amide bonds. The minimum absolute atomic E-state index is 0.0146. The van der Waals surface area contributed by atoms with Crippen LogP contribution in [-0.4, -0.2) is 53.6 Å². The van der Waals surface area contributed by atoms with Crippen molar-refractivity contribution in [3.8, 4) is 5.75 Å². The number of hydrogen-bond donors (Lipinski definition) is 1. The first-order valence-corrected chi connectivity index (χ1v) is 15.5. The number of alkyl halides is 3. The number of benzene rings is 1. The molecule has 2 saturated carbocycles. The summed E-state index contributed by atoms with van der Waals surface area (Å²) in [5.41, 5.74) is -1.00. The molecule has 244 valence electrons. The SMILES string of the molecule is Cn1c(COc2cccc(C(F)(F)F)c2)nnc1C1CCC(n2cc(C3OCC4(NC(=O)OC(C)(C)C)CCCC34)nn2)CC1. The maximum absolute atomic E-state index is 13.0. The molecule has 1 N–H and O–H groups in total. The highest BCUT2D eigenvalue weighted by molar-refractivity contribution is 5.69. The van der Waals surface area contributed by atoms with Gasteiger partial charge in [0.1, 0.15) is 35.6 Å². The van der Waals surface area contributed by atoms with Gasteiger partial charge in [-0.3, -0.25) is 0 Å². The van der Waals surface area contributed by atoms with E-state index in [2.05, 4.69) is 25.8 Å². The molecule has 45 heavy (non-hydrogen) atoms. The van der Waals surface area contributed by atoms with E-state index in [1.165, 1.54) is 12.1 Å². The van der Waals surface area contributed by atoms with Crippen LogP contribution in [0.15, 0.2) is 30.5 Å². The van der Waals surface area contributed by atoms with Crippen LogP contribution < -0.4 is 10.1 Å². The Morgan fingerprint density at radius 1 is 1.11 bits per heavy atom. The zero-order chi connectivity index (χ0) is 32.0. The highest BCUT2D eigenvalue weighted by Crippen LogP contribution is 2.50. The number of nitrogens with one attached hydrogen (secondary N) is 1. The van der Waals surface area contributed by atoms with Gasteiger partial charge in [0.25, 0.3) is 0 Å². The van der Waals surface area contributed by atoms with Gasteiger partial charge in [0.15, 0.2) is 5.82 Å². The lowest BCUT2D eigenvalue weighted by atomic mass is 9.85. The second-order valence-electron chi connectivity index (χ2n) is 13.5. The number of amides is 1. The molecule has 14 heteroatoms. The van der Waals surface area contributed by atoms with Gasteiger partial charge in [-0.1, -0.05) is 17.7 Å². The van der Waals surface area contributed by atoms with Crippen LogP contribution in [0.2, 0.25) is 0 Å². The average molecular weight is 632 g/mol. The third-order valence-corrected chi connectivity index (χ3v) is 9.27. The first kappa shape index (κ1) is 31.3. The molecule has 2 aromatic heterocycles. The Hall–Kier alpha value is -3.68. The molecular formula is C31H40F3N7O4. The van der Waals surface area contributed by atoms with Crippen molar-refractivity contribution in [1.29, 1.82) is 0 Å². The van der Waals surface area contributed by atoms with E-state index in [1.807, 2.05) is 43.3 Å². The Bertz CT molecular complexity index is 1510. The van der Waals surface area contributed by atoms with Crippen LogP contribution in [0.5, 0.6) is 5.75 Å². The van der Waals surface area contributed by atoms with Gasteiger partial charge in [0.2, 0.25) is 0 Å². The van der Waals surface area contributed by atoms with Crippen molar-refractivity contribution in [3.05, 3.63) is 53.4 Å². The fourth-order valence-electron chi connectivity index (χ4n) is 7.03. The van der Waals surface area contributed by atoms with E-state index < -0.39 is 29.0 Å². The summed E-state index contributed by atoms with van der Waals surface area (Å²) in [4.78, 5) is 12.6. The highest BCUT2D eigenvalue weighted by atomic mass is 19.4. The van der Waals surface area contributed by atoms with E-state index in [9.17, 15) is 18.0 Å². The third-order valence-electron chi connectivity index (χ3n) is 9.27. The number of alkyl carbamates (subject to hydrolysis) is 1. The number of nitrogens with zero attached hydrogens (tertiary/aromatic N) is 6. The maximum Gasteiger partial charge on any atom is 0.416 e. The van der Waals surface area contributed by atoms with Crippen LogP contribution in [-0.2, 0) is 29.3 Å². The third kappa shape index (κ3) is 6.66. The van der Waals surface area contributed by atoms with E-state index >= 15 is 0 Å². The molecule has 3 fully saturated rings. The number of carbonyl (C=O) groups excluding carboxylic acids is 1. The molecule has 1 aromatic carbocycles. The zero-order valence-electron chi connectivity index (χ0n) is 26.0. The van der Waals surface area contributed by atoms with E-state index in [-0.39, 0.29) is 36.3 Å². The summed E-state index contributed by atoms with van der Waals surface area (Å²) in [6.07, 6.45) is 3.21. The van der Waals surface area contributed by atoms with Crippen LogP contribution in [0.3, 0.4) is 0 Å². The van der Waals surface area contributed by atoms with Gasteiger partial charge in [0, 0.05) is 18.9 Å². The summed E-state index contributed by atoms with van der Waals surface area (Å²) in [5.74, 6) is 1.81. The number of ether oxygens (including phenoxy) is 3. The Labute approximate surface area is 259 Å². The van der Waals surface area contributed by atoms with Crippen LogP contribution >= 0.6 is 0 Å². The van der Waals surface area contributed by atoms with Crippen LogP contribution in [0.4, 0.5) is 18.0 Å². The number of hydrogen-bond acceptors (Lipinski definition) is 8. The van der Waals surface area contributed by atoms with Gasteiger partial charge in [-0.05, 0) is 77.5 Å². The monoisotopic (exact) mass is 631 g/mol. The summed E-state index contributed by atoms with van der Waals surface area (Å²) in [7, 11) is 1.86. The smallest absolute Gasteiger partial charge is 0.416 e. The Morgan fingerprint density at radius 2 is 1.89 bits per heavy atom. The number of halogens is 3. The minimum atomic E-state index is -4.43. The van der Waals surface area contributed by atoms with Gasteiger partial charge in [-0.2, -0.15) is 13.2 Å². The number of carbonyl (C=O) groups is 1. The summed E-state index contributed by atoms with van der Waals surface area (Å²) >= 11 is 0. The van der Waals surface area contributed by atoms with Crippen LogP contribution in [0.25, 0.3) is 0 Å². The van der Waals surface area contributed by atoms with E-state index in [1.54, 1.807) is 0 Å². The van der Waals surface area contributed by atoms with Gasteiger partial charge in [0.05, 0.1) is 29.9 Å². The van der Waals surface area contributed by atoms with Crippen molar-refractivity contribution in [2.75, 3.05) is 6.61 Å². The zero-order valence-corrected chi connectivity index (χ0v) is 26.0. The van der Waals surface area contributed by atoms with Crippen LogP contribution in [0, 0.1) is 5.92 Å². The Kier molecular flexibility index (Phi) is 8.29. The summed E-state index contributed by atoms with van der Waals surface area (Å²) in [6, 6.07) is 5.00. The molecule has 1 saturated heterocycles. The van der Waals surface area contributed by atoms with Crippen molar-refractivity contribution in [3.63, 3.8) is 0 Å². The highest BCUT2D eigenvalue weighted by Gasteiger charge is 2.55. The normalized spacial score (nSPS) is 26.9. The molecule has 2 aliphatic carbocycles. The number of rotatable bonds is 7. The quantitative estimate of drug-likeness (QED) is 0.336. The van der Waals surface area contributed by atoms with Gasteiger partial charge < -0.3 is 24.1 Å². The average Bonchev–Trinajstić information content (AvgIpc) is 3.75. The topological polar surface area (TPSA) is 118 Å². The minimum Gasteiger partial charge on any atom is -0.486 e. The molecule has 3 atom stereocenters. The number of aromatic nitrogens is 6. The molecule has 11 nitrogen and oxygen atoms in total. The molecule has 1 aliphatic heterocycles. The molecule has 3 heterocycles. The molecule has 3 aromatic rings. The summed E-state index contributed by atoms with van der Waals surface area (Å²) in [6.45, 7) is 5.99. The second-order valence-corrected chi connectivity index (χ2v) is 13.5. The Balaban J connectivity index is 1.04. The molecule has 6 rings (SSSR count). The van der Waals surface area contributed by atoms with Crippen molar-refractivity contribution in [2.24, 2.45) is 13.0 Å². The molecule has 0 bridgehead atoms. The first-order valence-electron chi connectivity index (χ1n) is 15.5. The van der Waals surface area contributed by atoms with E-state index in [0.717, 1.165) is 68.6 Å². The molecule has 3 aliphatic rings. The second kappa shape index (κ2) is 11.9. The molecule has 0 spiro atoms. The largest absolute Gasteiger partial charge is 0.486 e. The lowest BCUT2D eigenvalue weighted by molar-refractivity contribution is -0.137. The molecule has 3 unspecified atom stereocenters. The molecular weight excluding hydrogens is 591 g/mol. The Morgan fingerprint density at radius 3 is 2.62 bits per heavy atom. The lowest BCUT2D eigenvalue weighted by Crippen LogP contribution is -2.52. The predicted molar refractivity (Wildman–Crippen MR) is 155 cm³/mol. The van der Waals surface area contributed by atoms with Crippen molar-refractivity contribution < 1.29 is 32.2 Å². The van der Waals surface area contributed by atoms with Gasteiger partial charge in [-0.15, -0.1) is 15.3 Å². The van der Waals surface area contributed by atoms with E-state index in [0.29, 0.717) is 12.4 Å². The van der Waals surface area contributed by atoms with E-state index in [4.69, 9.17) is 14.2 Å². The summed E-state index contributed by atoms with van der Waals surface area (Å²) < 4.78 is 60.3. The van der Waals surface area contributed by atoms with Gasteiger partial charge in [-0.25, -0.2) is 9.48 Å². The van der Waals surface area contributed by atoms with Crippen molar-refractivity contribution >= 4 is 6.09 Å². The lowest BCUT2D eigenvalue weighted by Gasteiger charge is -2.31. The fraction of sp³-hybridized carbons (Fsp3) is 0.645. The first-order chi connectivity index (χ1) is 21.3.